The van der Waals surface area contributed by atoms with Crippen molar-refractivity contribution >= 4 is 5.78 Å². The molecule has 0 heterocycles. The van der Waals surface area contributed by atoms with Crippen LogP contribution in [0.15, 0.2) is 0 Å². The summed E-state index contributed by atoms with van der Waals surface area (Å²) in [6.45, 7) is 6.33. The lowest BCUT2D eigenvalue weighted by molar-refractivity contribution is -0.120. The molecule has 11 heavy (non-hydrogen) atoms. The van der Waals surface area contributed by atoms with E-state index >= 15 is 0 Å². The van der Waals surface area contributed by atoms with Gasteiger partial charge in [0.1, 0.15) is 5.78 Å². The van der Waals surface area contributed by atoms with Gasteiger partial charge in [0.05, 0.1) is 0 Å². The summed E-state index contributed by atoms with van der Waals surface area (Å²) in [6.07, 6.45) is 0.777. The highest BCUT2D eigenvalue weighted by atomic mass is 16.1. The number of hydrogen-bond acceptors (Lipinski definition) is 3. The molecule has 0 aromatic carbocycles. The maximum atomic E-state index is 11.0. The second-order valence-corrected chi connectivity index (χ2v) is 3.18. The Hall–Kier alpha value is -0.410. The molecule has 0 amide bonds. The van der Waals surface area contributed by atoms with Crippen LogP contribution in [0, 0.1) is 12.3 Å². The lowest BCUT2D eigenvalue weighted by Gasteiger charge is -2.24. The van der Waals surface area contributed by atoms with E-state index in [0.29, 0.717) is 25.9 Å². The van der Waals surface area contributed by atoms with Gasteiger partial charge in [-0.05, 0) is 25.4 Å². The highest BCUT2D eigenvalue weighted by Crippen LogP contribution is 2.18. The topological polar surface area (TPSA) is 69.1 Å². The predicted molar refractivity (Wildman–Crippen MR) is 45.8 cm³/mol. The van der Waals surface area contributed by atoms with Crippen molar-refractivity contribution in [2.24, 2.45) is 16.9 Å². The van der Waals surface area contributed by atoms with Crippen LogP contribution in [0.25, 0.3) is 0 Å². The van der Waals surface area contributed by atoms with Crippen LogP contribution in [-0.2, 0) is 4.79 Å². The van der Waals surface area contributed by atoms with E-state index < -0.39 is 0 Å². The Morgan fingerprint density at radius 3 is 2.18 bits per heavy atom. The van der Waals surface area contributed by atoms with Crippen LogP contribution in [0.5, 0.6) is 0 Å². The molecule has 65 valence electrons. The first-order valence-electron chi connectivity index (χ1n) is 3.79. The molecule has 1 radical (unpaired) electrons. The fourth-order valence-corrected chi connectivity index (χ4v) is 0.792. The summed E-state index contributed by atoms with van der Waals surface area (Å²) >= 11 is 0. The van der Waals surface area contributed by atoms with E-state index in [9.17, 15) is 4.79 Å². The maximum absolute atomic E-state index is 11.0. The Labute approximate surface area is 68.1 Å². The average Bonchev–Trinajstić information content (AvgIpc) is 2.04. The zero-order chi connectivity index (χ0) is 8.91. The first kappa shape index (κ1) is 10.6. The summed E-state index contributed by atoms with van der Waals surface area (Å²) < 4.78 is 0. The van der Waals surface area contributed by atoms with Crippen molar-refractivity contribution in [3.05, 3.63) is 6.92 Å². The minimum Gasteiger partial charge on any atom is -0.330 e. The lowest BCUT2D eigenvalue weighted by atomic mass is 9.85. The zero-order valence-electron chi connectivity index (χ0n) is 7.10. The van der Waals surface area contributed by atoms with Gasteiger partial charge in [-0.3, -0.25) is 4.79 Å². The summed E-state index contributed by atoms with van der Waals surface area (Å²) in [4.78, 5) is 11.0. The minimum absolute atomic E-state index is 0.128. The van der Waals surface area contributed by atoms with E-state index in [0.717, 1.165) is 0 Å². The third kappa shape index (κ3) is 3.49. The van der Waals surface area contributed by atoms with Gasteiger partial charge in [-0.25, -0.2) is 0 Å². The number of nitrogens with two attached hydrogens (primary N) is 2. The average molecular weight is 157 g/mol. The molecule has 0 spiro atoms. The van der Waals surface area contributed by atoms with E-state index in [4.69, 9.17) is 11.5 Å². The van der Waals surface area contributed by atoms with Crippen LogP contribution in [0.4, 0.5) is 0 Å². The van der Waals surface area contributed by atoms with Crippen LogP contribution in [0.2, 0.25) is 0 Å². The Balaban J connectivity index is 3.96. The van der Waals surface area contributed by atoms with E-state index in [-0.39, 0.29) is 11.2 Å². The zero-order valence-corrected chi connectivity index (χ0v) is 7.10. The van der Waals surface area contributed by atoms with Crippen molar-refractivity contribution in [2.75, 3.05) is 13.1 Å². The third-order valence-corrected chi connectivity index (χ3v) is 1.89. The number of ketones is 1. The number of rotatable bonds is 5. The first-order valence-corrected chi connectivity index (χ1v) is 3.79. The SMILES string of the molecule is [CH2]CC(=O)CC(C)(CN)CN. The van der Waals surface area contributed by atoms with Gasteiger partial charge in [0.2, 0.25) is 0 Å². The Morgan fingerprint density at radius 2 is 1.91 bits per heavy atom. The van der Waals surface area contributed by atoms with Crippen LogP contribution in [-0.4, -0.2) is 18.9 Å². The van der Waals surface area contributed by atoms with Crippen LogP contribution in [0.1, 0.15) is 19.8 Å². The minimum atomic E-state index is -0.227. The van der Waals surface area contributed by atoms with Crippen molar-refractivity contribution in [1.82, 2.24) is 0 Å². The molecule has 0 rings (SSSR count). The van der Waals surface area contributed by atoms with Gasteiger partial charge < -0.3 is 11.5 Å². The molecule has 0 aromatic heterocycles. The summed E-state index contributed by atoms with van der Waals surface area (Å²) in [5, 5.41) is 0. The predicted octanol–water partition coefficient (Wildman–Crippen LogP) is 0.0935. The van der Waals surface area contributed by atoms with E-state index in [1.165, 1.54) is 0 Å². The van der Waals surface area contributed by atoms with Gasteiger partial charge in [-0.15, -0.1) is 0 Å². The summed E-state index contributed by atoms with van der Waals surface area (Å²) in [5.74, 6) is 0.128. The molecule has 0 saturated carbocycles. The molecule has 0 bridgehead atoms. The molecule has 0 saturated heterocycles. The van der Waals surface area contributed by atoms with Crippen molar-refractivity contribution in [3.63, 3.8) is 0 Å². The van der Waals surface area contributed by atoms with Gasteiger partial charge in [0.25, 0.3) is 0 Å². The molecule has 0 aliphatic rings. The van der Waals surface area contributed by atoms with Gasteiger partial charge in [0, 0.05) is 12.8 Å². The number of Topliss-reactive ketones (excluding diaryl/α,β-unsaturated/α-hetero) is 1. The molecule has 0 aliphatic carbocycles. The van der Waals surface area contributed by atoms with Crippen molar-refractivity contribution in [3.8, 4) is 0 Å². The number of carbonyl (C=O) groups excluding carboxylic acids is 1. The third-order valence-electron chi connectivity index (χ3n) is 1.89. The monoisotopic (exact) mass is 157 g/mol. The van der Waals surface area contributed by atoms with Crippen LogP contribution in [0.3, 0.4) is 0 Å². The van der Waals surface area contributed by atoms with Crippen molar-refractivity contribution in [2.45, 2.75) is 19.8 Å². The maximum Gasteiger partial charge on any atom is 0.133 e. The fraction of sp³-hybridized carbons (Fsp3) is 0.750. The molecule has 0 fully saturated rings. The molecule has 3 nitrogen and oxygen atoms in total. The quantitative estimate of drug-likeness (QED) is 0.594. The summed E-state index contributed by atoms with van der Waals surface area (Å²) in [5.41, 5.74) is 10.7. The second kappa shape index (κ2) is 4.46. The summed E-state index contributed by atoms with van der Waals surface area (Å²) in [6, 6.07) is 0. The highest BCUT2D eigenvalue weighted by Gasteiger charge is 2.23. The standard InChI is InChI=1S/C8H17N2O/c1-3-7(11)4-8(2,5-9)6-10/h1,3-6,9-10H2,2H3. The number of hydrogen-bond donors (Lipinski definition) is 2. The molecule has 0 atom stereocenters. The van der Waals surface area contributed by atoms with Crippen LogP contribution < -0.4 is 11.5 Å². The molecule has 0 aliphatic heterocycles. The fourth-order valence-electron chi connectivity index (χ4n) is 0.792. The van der Waals surface area contributed by atoms with Gasteiger partial charge in [-0.2, -0.15) is 0 Å². The van der Waals surface area contributed by atoms with Crippen molar-refractivity contribution < 1.29 is 4.79 Å². The lowest BCUT2D eigenvalue weighted by Crippen LogP contribution is -2.36. The van der Waals surface area contributed by atoms with Gasteiger partial charge in [0.15, 0.2) is 0 Å². The normalized spacial score (nSPS) is 11.6. The molecular weight excluding hydrogens is 140 g/mol. The molecule has 4 N–H and O–H groups in total. The largest absolute Gasteiger partial charge is 0.330 e. The first-order chi connectivity index (χ1) is 5.08. The number of carbonyl (C=O) groups is 1. The Morgan fingerprint density at radius 1 is 1.45 bits per heavy atom. The van der Waals surface area contributed by atoms with Crippen molar-refractivity contribution in [1.29, 1.82) is 0 Å². The molecular formula is C8H17N2O. The van der Waals surface area contributed by atoms with E-state index in [1.54, 1.807) is 0 Å². The van der Waals surface area contributed by atoms with E-state index in [1.807, 2.05) is 6.92 Å². The molecule has 3 heteroatoms. The Kier molecular flexibility index (Phi) is 4.30. The summed E-state index contributed by atoms with van der Waals surface area (Å²) in [7, 11) is 0. The van der Waals surface area contributed by atoms with Crippen LogP contribution >= 0.6 is 0 Å². The van der Waals surface area contributed by atoms with Gasteiger partial charge in [-0.1, -0.05) is 6.92 Å². The van der Waals surface area contributed by atoms with Gasteiger partial charge >= 0.3 is 0 Å². The smallest absolute Gasteiger partial charge is 0.133 e. The molecule has 0 aromatic rings. The second-order valence-electron chi connectivity index (χ2n) is 3.18. The highest BCUT2D eigenvalue weighted by molar-refractivity contribution is 5.79. The van der Waals surface area contributed by atoms with E-state index in [2.05, 4.69) is 6.92 Å². The Bertz CT molecular complexity index is 130. The molecule has 0 unspecified atom stereocenters.